The molecule has 2 aromatic rings. The number of likely N-dealkylation sites (tertiary alicyclic amines) is 2. The first-order valence-electron chi connectivity index (χ1n) is 9.68. The molecule has 2 aliphatic heterocycles. The van der Waals surface area contributed by atoms with Gasteiger partial charge in [-0.25, -0.2) is 0 Å². The highest BCUT2D eigenvalue weighted by Crippen LogP contribution is 2.33. The molecule has 0 amide bonds. The van der Waals surface area contributed by atoms with Crippen LogP contribution in [0.3, 0.4) is 0 Å². The maximum absolute atomic E-state index is 4.56. The van der Waals surface area contributed by atoms with Crippen molar-refractivity contribution in [3.63, 3.8) is 0 Å². The molecule has 4 heterocycles. The van der Waals surface area contributed by atoms with Crippen LogP contribution < -0.4 is 0 Å². The van der Waals surface area contributed by atoms with Crippen LogP contribution in [0.1, 0.15) is 43.1 Å². The maximum Gasteiger partial charge on any atom is 0.191 e. The quantitative estimate of drug-likeness (QED) is 0.697. The minimum absolute atomic E-state index is 0.362. The zero-order valence-electron chi connectivity index (χ0n) is 15.5. The van der Waals surface area contributed by atoms with Crippen molar-refractivity contribution in [2.75, 3.05) is 31.9 Å². The highest BCUT2D eigenvalue weighted by atomic mass is 32.2. The van der Waals surface area contributed by atoms with Gasteiger partial charge in [0.05, 0.1) is 6.04 Å². The van der Waals surface area contributed by atoms with E-state index >= 15 is 0 Å². The average molecular weight is 373 g/mol. The molecule has 2 fully saturated rings. The fourth-order valence-corrected chi connectivity index (χ4v) is 4.97. The van der Waals surface area contributed by atoms with Gasteiger partial charge in [-0.2, -0.15) is 0 Å². The molecular weight excluding hydrogens is 344 g/mol. The summed E-state index contributed by atoms with van der Waals surface area (Å²) in [7, 11) is 2.12. The number of pyridine rings is 1. The van der Waals surface area contributed by atoms with Crippen LogP contribution in [0, 0.1) is 0 Å². The van der Waals surface area contributed by atoms with E-state index in [-0.39, 0.29) is 0 Å². The van der Waals surface area contributed by atoms with Crippen molar-refractivity contribution in [3.8, 4) is 0 Å². The van der Waals surface area contributed by atoms with Crippen LogP contribution in [0.5, 0.6) is 0 Å². The molecule has 140 valence electrons. The van der Waals surface area contributed by atoms with Crippen molar-refractivity contribution in [1.82, 2.24) is 29.5 Å². The fourth-order valence-electron chi connectivity index (χ4n) is 4.05. The van der Waals surface area contributed by atoms with Gasteiger partial charge in [-0.05, 0) is 56.9 Å². The van der Waals surface area contributed by atoms with Crippen LogP contribution in [-0.2, 0) is 13.6 Å². The van der Waals surface area contributed by atoms with Crippen LogP contribution in [0.2, 0.25) is 0 Å². The van der Waals surface area contributed by atoms with Crippen LogP contribution in [0.15, 0.2) is 29.7 Å². The minimum Gasteiger partial charge on any atom is -0.308 e. The van der Waals surface area contributed by atoms with Gasteiger partial charge in [-0.1, -0.05) is 17.8 Å². The molecule has 0 bridgehead atoms. The van der Waals surface area contributed by atoms with Gasteiger partial charge in [-0.3, -0.25) is 9.88 Å². The summed E-state index contributed by atoms with van der Waals surface area (Å²) in [6.07, 6.45) is 8.88. The Balaban J connectivity index is 1.38. The molecule has 26 heavy (non-hydrogen) atoms. The molecule has 2 aliphatic rings. The van der Waals surface area contributed by atoms with Crippen molar-refractivity contribution < 1.29 is 0 Å². The van der Waals surface area contributed by atoms with E-state index in [1.165, 1.54) is 37.9 Å². The maximum atomic E-state index is 4.56. The van der Waals surface area contributed by atoms with E-state index in [2.05, 4.69) is 42.7 Å². The van der Waals surface area contributed by atoms with E-state index in [0.29, 0.717) is 6.04 Å². The highest BCUT2D eigenvalue weighted by Gasteiger charge is 2.30. The molecule has 7 heteroatoms. The normalized spacial score (nSPS) is 21.7. The molecule has 0 aromatic carbocycles. The number of hydrogen-bond donors (Lipinski definition) is 0. The number of nitrogens with zero attached hydrogens (tertiary/aromatic N) is 6. The highest BCUT2D eigenvalue weighted by molar-refractivity contribution is 7.99. The van der Waals surface area contributed by atoms with Crippen molar-refractivity contribution in [3.05, 3.63) is 35.9 Å². The van der Waals surface area contributed by atoms with Crippen LogP contribution in [-0.4, -0.2) is 61.5 Å². The molecule has 0 radical (unpaired) electrons. The summed E-state index contributed by atoms with van der Waals surface area (Å²) < 4.78 is 2.21. The summed E-state index contributed by atoms with van der Waals surface area (Å²) in [5, 5.41) is 10.1. The summed E-state index contributed by atoms with van der Waals surface area (Å²) in [5.41, 5.74) is 1.27. The lowest BCUT2D eigenvalue weighted by atomic mass is 10.2. The lowest BCUT2D eigenvalue weighted by Crippen LogP contribution is -2.25. The lowest BCUT2D eigenvalue weighted by Gasteiger charge is -2.23. The Hall–Kier alpha value is -1.44. The van der Waals surface area contributed by atoms with E-state index in [1.807, 2.05) is 30.2 Å². The molecule has 0 aliphatic carbocycles. The zero-order chi connectivity index (χ0) is 17.8. The third-order valence-corrected chi connectivity index (χ3v) is 6.48. The van der Waals surface area contributed by atoms with Crippen molar-refractivity contribution in [2.24, 2.45) is 7.05 Å². The number of aromatic nitrogens is 4. The second kappa shape index (κ2) is 8.50. The van der Waals surface area contributed by atoms with Gasteiger partial charge < -0.3 is 9.47 Å². The van der Waals surface area contributed by atoms with Gasteiger partial charge in [0.15, 0.2) is 11.0 Å². The van der Waals surface area contributed by atoms with Crippen molar-refractivity contribution in [1.29, 1.82) is 0 Å². The van der Waals surface area contributed by atoms with E-state index in [0.717, 1.165) is 42.8 Å². The molecule has 4 rings (SSSR count). The van der Waals surface area contributed by atoms with Crippen LogP contribution >= 0.6 is 11.8 Å². The Morgan fingerprint density at radius 2 is 2.04 bits per heavy atom. The van der Waals surface area contributed by atoms with E-state index in [4.69, 9.17) is 0 Å². The second-order valence-electron chi connectivity index (χ2n) is 7.29. The van der Waals surface area contributed by atoms with Gasteiger partial charge >= 0.3 is 0 Å². The van der Waals surface area contributed by atoms with Crippen molar-refractivity contribution >= 4 is 11.8 Å². The van der Waals surface area contributed by atoms with Gasteiger partial charge in [0, 0.05) is 38.3 Å². The molecule has 0 spiro atoms. The first-order valence-corrected chi connectivity index (χ1v) is 10.7. The molecular formula is C19H28N6S. The number of thioether (sulfide) groups is 1. The Morgan fingerprint density at radius 3 is 2.85 bits per heavy atom. The number of hydrogen-bond acceptors (Lipinski definition) is 6. The van der Waals surface area contributed by atoms with Gasteiger partial charge in [0.2, 0.25) is 0 Å². The molecule has 6 nitrogen and oxygen atoms in total. The van der Waals surface area contributed by atoms with Gasteiger partial charge in [0.1, 0.15) is 0 Å². The first kappa shape index (κ1) is 17.9. The van der Waals surface area contributed by atoms with Crippen molar-refractivity contribution in [2.45, 2.75) is 43.4 Å². The molecule has 1 atom stereocenters. The molecule has 2 saturated heterocycles. The van der Waals surface area contributed by atoms with E-state index in [1.54, 1.807) is 0 Å². The fraction of sp³-hybridized carbons (Fsp3) is 0.632. The average Bonchev–Trinajstić information content (AvgIpc) is 3.39. The first-order chi connectivity index (χ1) is 12.8. The topological polar surface area (TPSA) is 50.1 Å². The van der Waals surface area contributed by atoms with E-state index in [9.17, 15) is 0 Å². The largest absolute Gasteiger partial charge is 0.308 e. The van der Waals surface area contributed by atoms with Gasteiger partial charge in [0.25, 0.3) is 0 Å². The third kappa shape index (κ3) is 4.10. The Bertz CT molecular complexity index is 697. The SMILES string of the molecule is Cn1c(SCCN2CCCC2)nnc1[C@@H]1CCCN1Cc1cccnc1. The number of rotatable bonds is 7. The second-order valence-corrected chi connectivity index (χ2v) is 8.35. The summed E-state index contributed by atoms with van der Waals surface area (Å²) in [5.74, 6) is 2.20. The summed E-state index contributed by atoms with van der Waals surface area (Å²) in [6, 6.07) is 4.52. The molecule has 0 N–H and O–H groups in total. The van der Waals surface area contributed by atoms with Crippen LogP contribution in [0.4, 0.5) is 0 Å². The predicted molar refractivity (Wildman–Crippen MR) is 104 cm³/mol. The monoisotopic (exact) mass is 372 g/mol. The summed E-state index contributed by atoms with van der Waals surface area (Å²) in [4.78, 5) is 9.31. The van der Waals surface area contributed by atoms with Gasteiger partial charge in [-0.15, -0.1) is 10.2 Å². The molecule has 0 unspecified atom stereocenters. The molecule has 2 aromatic heterocycles. The molecule has 0 saturated carbocycles. The Morgan fingerprint density at radius 1 is 1.15 bits per heavy atom. The summed E-state index contributed by atoms with van der Waals surface area (Å²) >= 11 is 1.84. The smallest absolute Gasteiger partial charge is 0.191 e. The summed E-state index contributed by atoms with van der Waals surface area (Å²) in [6.45, 7) is 5.72. The zero-order valence-corrected chi connectivity index (χ0v) is 16.4. The lowest BCUT2D eigenvalue weighted by molar-refractivity contribution is 0.235. The van der Waals surface area contributed by atoms with Crippen LogP contribution in [0.25, 0.3) is 0 Å². The Kier molecular flexibility index (Phi) is 5.87. The minimum atomic E-state index is 0.362. The standard InChI is InChI=1S/C19H28N6S/c1-23-18(21-22-19(23)26-13-12-24-9-2-3-10-24)17-7-5-11-25(17)15-16-6-4-8-20-14-16/h4,6,8,14,17H,2-3,5,7,9-13,15H2,1H3/t17-/m0/s1. The Labute approximate surface area is 160 Å². The predicted octanol–water partition coefficient (Wildman–Crippen LogP) is 2.74. The van der Waals surface area contributed by atoms with E-state index < -0.39 is 0 Å². The third-order valence-electron chi connectivity index (χ3n) is 5.48.